The summed E-state index contributed by atoms with van der Waals surface area (Å²) in [7, 11) is 0. The summed E-state index contributed by atoms with van der Waals surface area (Å²) in [4.78, 5) is 3.75. The van der Waals surface area contributed by atoms with Crippen LogP contribution in [0.3, 0.4) is 0 Å². The van der Waals surface area contributed by atoms with Gasteiger partial charge in [-0.25, -0.2) is 8.78 Å². The topological polar surface area (TPSA) is 48.1 Å². The van der Waals surface area contributed by atoms with Gasteiger partial charge in [0.1, 0.15) is 5.82 Å². The second-order valence-corrected chi connectivity index (χ2v) is 3.09. The summed E-state index contributed by atoms with van der Waals surface area (Å²) in [6.07, 6.45) is 2.81. The highest BCUT2D eigenvalue weighted by Gasteiger charge is 2.08. The first-order valence-corrected chi connectivity index (χ1v) is 4.49. The molecular weight excluding hydrogens is 214 g/mol. The third kappa shape index (κ3) is 2.08. The minimum Gasteiger partial charge on any atom is -0.452 e. The van der Waals surface area contributed by atoms with Crippen LogP contribution >= 0.6 is 0 Å². The molecule has 0 aliphatic heterocycles. The van der Waals surface area contributed by atoms with Gasteiger partial charge in [-0.2, -0.15) is 0 Å². The first kappa shape index (κ1) is 10.4. The highest BCUT2D eigenvalue weighted by molar-refractivity contribution is 5.51. The molecule has 1 aromatic heterocycles. The van der Waals surface area contributed by atoms with Crippen LogP contribution in [0.2, 0.25) is 0 Å². The second-order valence-electron chi connectivity index (χ2n) is 3.09. The SMILES string of the molecule is Nc1cnccc1Oc1cc(F)ccc1F. The summed E-state index contributed by atoms with van der Waals surface area (Å²) in [6, 6.07) is 4.43. The summed E-state index contributed by atoms with van der Waals surface area (Å²) in [5.41, 5.74) is 5.81. The Bertz CT molecular complexity index is 517. The lowest BCUT2D eigenvalue weighted by Gasteiger charge is -2.08. The molecule has 3 nitrogen and oxygen atoms in total. The van der Waals surface area contributed by atoms with Crippen LogP contribution in [-0.2, 0) is 0 Å². The molecule has 0 atom stereocenters. The van der Waals surface area contributed by atoms with Crippen LogP contribution in [-0.4, -0.2) is 4.98 Å². The minimum absolute atomic E-state index is 0.210. The van der Waals surface area contributed by atoms with Crippen molar-refractivity contribution >= 4 is 5.69 Å². The number of aromatic nitrogens is 1. The molecule has 0 aliphatic carbocycles. The molecule has 2 aromatic rings. The number of nitrogens with two attached hydrogens (primary N) is 1. The van der Waals surface area contributed by atoms with Crippen LogP contribution in [0, 0.1) is 11.6 Å². The molecule has 0 unspecified atom stereocenters. The van der Waals surface area contributed by atoms with E-state index in [4.69, 9.17) is 10.5 Å². The molecule has 0 spiro atoms. The number of nitrogens with zero attached hydrogens (tertiary/aromatic N) is 1. The van der Waals surface area contributed by atoms with E-state index in [0.717, 1.165) is 18.2 Å². The lowest BCUT2D eigenvalue weighted by molar-refractivity contribution is 0.438. The summed E-state index contributed by atoms with van der Waals surface area (Å²) in [5.74, 6) is -1.21. The van der Waals surface area contributed by atoms with Crippen molar-refractivity contribution in [1.82, 2.24) is 4.98 Å². The summed E-state index contributed by atoms with van der Waals surface area (Å²) in [6.45, 7) is 0. The molecule has 2 N–H and O–H groups in total. The van der Waals surface area contributed by atoms with Crippen LogP contribution in [0.5, 0.6) is 11.5 Å². The maximum atomic E-state index is 13.2. The fraction of sp³-hybridized carbons (Fsp3) is 0. The molecule has 1 heterocycles. The summed E-state index contributed by atoms with van der Waals surface area (Å²) < 4.78 is 31.2. The van der Waals surface area contributed by atoms with Gasteiger partial charge in [0.05, 0.1) is 11.9 Å². The molecule has 0 fully saturated rings. The summed E-state index contributed by atoms with van der Waals surface area (Å²) >= 11 is 0. The van der Waals surface area contributed by atoms with Crippen LogP contribution in [0.15, 0.2) is 36.7 Å². The third-order valence-electron chi connectivity index (χ3n) is 1.92. The maximum Gasteiger partial charge on any atom is 0.166 e. The molecular formula is C11H8F2N2O. The molecule has 0 saturated heterocycles. The largest absolute Gasteiger partial charge is 0.452 e. The first-order valence-electron chi connectivity index (χ1n) is 4.49. The molecule has 0 amide bonds. The number of ether oxygens (including phenoxy) is 1. The molecule has 16 heavy (non-hydrogen) atoms. The highest BCUT2D eigenvalue weighted by Crippen LogP contribution is 2.28. The van der Waals surface area contributed by atoms with Crippen molar-refractivity contribution in [3.05, 3.63) is 48.3 Å². The summed E-state index contributed by atoms with van der Waals surface area (Å²) in [5, 5.41) is 0. The fourth-order valence-corrected chi connectivity index (χ4v) is 1.16. The molecule has 0 bridgehead atoms. The van der Waals surface area contributed by atoms with Crippen LogP contribution < -0.4 is 10.5 Å². The molecule has 0 saturated carbocycles. The Hall–Kier alpha value is -2.17. The number of rotatable bonds is 2. The number of anilines is 1. The fourth-order valence-electron chi connectivity index (χ4n) is 1.16. The predicted octanol–water partition coefficient (Wildman–Crippen LogP) is 2.73. The smallest absolute Gasteiger partial charge is 0.166 e. The van der Waals surface area contributed by atoms with E-state index in [9.17, 15) is 8.78 Å². The molecule has 0 radical (unpaired) electrons. The number of halogens is 2. The van der Waals surface area contributed by atoms with Gasteiger partial charge in [-0.05, 0) is 12.1 Å². The number of hydrogen-bond donors (Lipinski definition) is 1. The zero-order valence-corrected chi connectivity index (χ0v) is 8.15. The minimum atomic E-state index is -0.655. The van der Waals surface area contributed by atoms with E-state index in [1.807, 2.05) is 0 Å². The van der Waals surface area contributed by atoms with Gasteiger partial charge in [-0.3, -0.25) is 4.98 Å². The van der Waals surface area contributed by atoms with E-state index in [0.29, 0.717) is 0 Å². The molecule has 0 aliphatic rings. The molecule has 1 aromatic carbocycles. The Balaban J connectivity index is 2.34. The number of benzene rings is 1. The van der Waals surface area contributed by atoms with E-state index in [2.05, 4.69) is 4.98 Å². The predicted molar refractivity (Wildman–Crippen MR) is 55.1 cm³/mol. The number of nitrogen functional groups attached to an aromatic ring is 1. The van der Waals surface area contributed by atoms with Crippen molar-refractivity contribution in [2.45, 2.75) is 0 Å². The van der Waals surface area contributed by atoms with Crippen molar-refractivity contribution in [3.63, 3.8) is 0 Å². The van der Waals surface area contributed by atoms with Gasteiger partial charge in [-0.15, -0.1) is 0 Å². The maximum absolute atomic E-state index is 13.2. The van der Waals surface area contributed by atoms with E-state index in [-0.39, 0.29) is 17.2 Å². The lowest BCUT2D eigenvalue weighted by Crippen LogP contribution is -1.94. The Morgan fingerprint density at radius 2 is 1.94 bits per heavy atom. The van der Waals surface area contributed by atoms with Crippen molar-refractivity contribution in [2.24, 2.45) is 0 Å². The van der Waals surface area contributed by atoms with Crippen LogP contribution in [0.4, 0.5) is 14.5 Å². The Kier molecular flexibility index (Phi) is 2.68. The first-order chi connectivity index (χ1) is 7.66. The second kappa shape index (κ2) is 4.14. The normalized spacial score (nSPS) is 10.1. The zero-order chi connectivity index (χ0) is 11.5. The van der Waals surface area contributed by atoms with E-state index >= 15 is 0 Å². The number of pyridine rings is 1. The highest BCUT2D eigenvalue weighted by atomic mass is 19.1. The molecule has 5 heteroatoms. The van der Waals surface area contributed by atoms with E-state index in [1.54, 1.807) is 0 Å². The van der Waals surface area contributed by atoms with Crippen molar-refractivity contribution in [1.29, 1.82) is 0 Å². The van der Waals surface area contributed by atoms with Crippen molar-refractivity contribution < 1.29 is 13.5 Å². The van der Waals surface area contributed by atoms with Gasteiger partial charge in [0.15, 0.2) is 17.3 Å². The molecule has 82 valence electrons. The van der Waals surface area contributed by atoms with E-state index in [1.165, 1.54) is 18.5 Å². The quantitative estimate of drug-likeness (QED) is 0.849. The van der Waals surface area contributed by atoms with Gasteiger partial charge >= 0.3 is 0 Å². The lowest BCUT2D eigenvalue weighted by atomic mass is 10.3. The van der Waals surface area contributed by atoms with Crippen LogP contribution in [0.1, 0.15) is 0 Å². The standard InChI is InChI=1S/C11H8F2N2O/c12-7-1-2-8(13)11(5-7)16-10-3-4-15-6-9(10)14/h1-6H,14H2. The zero-order valence-electron chi connectivity index (χ0n) is 8.15. The van der Waals surface area contributed by atoms with Crippen molar-refractivity contribution in [2.75, 3.05) is 5.73 Å². The van der Waals surface area contributed by atoms with Gasteiger partial charge in [0.25, 0.3) is 0 Å². The monoisotopic (exact) mass is 222 g/mol. The Morgan fingerprint density at radius 3 is 2.69 bits per heavy atom. The number of hydrogen-bond acceptors (Lipinski definition) is 3. The van der Waals surface area contributed by atoms with E-state index < -0.39 is 11.6 Å². The van der Waals surface area contributed by atoms with Gasteiger partial charge in [0, 0.05) is 18.3 Å². The van der Waals surface area contributed by atoms with Gasteiger partial charge < -0.3 is 10.5 Å². The average Bonchev–Trinajstić information content (AvgIpc) is 2.27. The van der Waals surface area contributed by atoms with Crippen LogP contribution in [0.25, 0.3) is 0 Å². The Labute approximate surface area is 90.5 Å². The average molecular weight is 222 g/mol. The molecule has 2 rings (SSSR count). The third-order valence-corrected chi connectivity index (χ3v) is 1.92. The van der Waals surface area contributed by atoms with Crippen molar-refractivity contribution in [3.8, 4) is 11.5 Å². The van der Waals surface area contributed by atoms with Gasteiger partial charge in [-0.1, -0.05) is 0 Å². The van der Waals surface area contributed by atoms with Gasteiger partial charge in [0.2, 0.25) is 0 Å². The Morgan fingerprint density at radius 1 is 1.12 bits per heavy atom.